The molecule has 0 unspecified atom stereocenters. The SMILES string of the molecule is CC(=O)OCc1ccc(C(=O)Cl)cc1I. The highest BCUT2D eigenvalue weighted by Crippen LogP contribution is 2.16. The van der Waals surface area contributed by atoms with Crippen molar-refractivity contribution in [2.45, 2.75) is 13.5 Å². The van der Waals surface area contributed by atoms with Crippen molar-refractivity contribution >= 4 is 45.4 Å². The van der Waals surface area contributed by atoms with E-state index in [1.54, 1.807) is 18.2 Å². The summed E-state index contributed by atoms with van der Waals surface area (Å²) in [4.78, 5) is 21.5. The second-order valence-electron chi connectivity index (χ2n) is 2.86. The molecule has 1 aromatic rings. The number of hydrogen-bond donors (Lipinski definition) is 0. The zero-order valence-corrected chi connectivity index (χ0v) is 10.8. The molecule has 0 radical (unpaired) electrons. The van der Waals surface area contributed by atoms with Gasteiger partial charge in [-0.2, -0.15) is 0 Å². The highest BCUT2D eigenvalue weighted by molar-refractivity contribution is 14.1. The van der Waals surface area contributed by atoms with Crippen LogP contribution in [0.1, 0.15) is 22.8 Å². The number of rotatable bonds is 3. The summed E-state index contributed by atoms with van der Waals surface area (Å²) in [6.07, 6.45) is 0. The van der Waals surface area contributed by atoms with Gasteiger partial charge in [-0.05, 0) is 46.3 Å². The molecule has 0 saturated carbocycles. The first-order valence-electron chi connectivity index (χ1n) is 4.12. The van der Waals surface area contributed by atoms with Crippen LogP contribution in [-0.2, 0) is 16.1 Å². The van der Waals surface area contributed by atoms with E-state index in [4.69, 9.17) is 16.3 Å². The Morgan fingerprint density at radius 1 is 1.47 bits per heavy atom. The average Bonchev–Trinajstić information content (AvgIpc) is 2.15. The molecule has 0 aliphatic heterocycles. The van der Waals surface area contributed by atoms with E-state index in [-0.39, 0.29) is 12.6 Å². The van der Waals surface area contributed by atoms with Crippen LogP contribution in [0.5, 0.6) is 0 Å². The van der Waals surface area contributed by atoms with Gasteiger partial charge < -0.3 is 4.74 Å². The third-order valence-corrected chi connectivity index (χ3v) is 2.93. The Balaban J connectivity index is 2.83. The van der Waals surface area contributed by atoms with Crippen molar-refractivity contribution in [3.8, 4) is 0 Å². The van der Waals surface area contributed by atoms with Gasteiger partial charge >= 0.3 is 5.97 Å². The number of hydrogen-bond acceptors (Lipinski definition) is 3. The molecule has 0 N–H and O–H groups in total. The summed E-state index contributed by atoms with van der Waals surface area (Å²) in [6, 6.07) is 4.99. The number of esters is 1. The molecule has 0 heterocycles. The van der Waals surface area contributed by atoms with Crippen LogP contribution in [0.2, 0.25) is 0 Å². The van der Waals surface area contributed by atoms with Crippen molar-refractivity contribution in [2.24, 2.45) is 0 Å². The van der Waals surface area contributed by atoms with E-state index in [1.807, 2.05) is 0 Å². The van der Waals surface area contributed by atoms with Crippen LogP contribution in [0.25, 0.3) is 0 Å². The lowest BCUT2D eigenvalue weighted by Gasteiger charge is -2.05. The summed E-state index contributed by atoms with van der Waals surface area (Å²) in [5.74, 6) is -0.330. The Morgan fingerprint density at radius 2 is 2.13 bits per heavy atom. The second-order valence-corrected chi connectivity index (χ2v) is 4.37. The smallest absolute Gasteiger partial charge is 0.302 e. The summed E-state index contributed by atoms with van der Waals surface area (Å²) < 4.78 is 5.69. The number of carbonyl (C=O) groups is 2. The molecule has 0 spiro atoms. The summed E-state index contributed by atoms with van der Waals surface area (Å²) in [5.41, 5.74) is 1.29. The van der Waals surface area contributed by atoms with Gasteiger partial charge in [0.05, 0.1) is 0 Å². The fourth-order valence-electron chi connectivity index (χ4n) is 0.966. The Hall–Kier alpha value is -0.620. The molecule has 80 valence electrons. The maximum atomic E-state index is 10.9. The summed E-state index contributed by atoms with van der Waals surface area (Å²) >= 11 is 7.39. The molecule has 1 aromatic carbocycles. The zero-order valence-electron chi connectivity index (χ0n) is 7.92. The minimum Gasteiger partial charge on any atom is -0.461 e. The molecule has 0 amide bonds. The van der Waals surface area contributed by atoms with E-state index in [2.05, 4.69) is 22.6 Å². The fraction of sp³-hybridized carbons (Fsp3) is 0.200. The van der Waals surface area contributed by atoms with Crippen molar-refractivity contribution in [1.82, 2.24) is 0 Å². The lowest BCUT2D eigenvalue weighted by Crippen LogP contribution is -2.01. The van der Waals surface area contributed by atoms with Gasteiger partial charge in [-0.1, -0.05) is 6.07 Å². The third-order valence-electron chi connectivity index (χ3n) is 1.71. The molecule has 0 aromatic heterocycles. The molecule has 0 aliphatic carbocycles. The lowest BCUT2D eigenvalue weighted by atomic mass is 10.1. The number of ether oxygens (including phenoxy) is 1. The van der Waals surface area contributed by atoms with E-state index >= 15 is 0 Å². The molecule has 0 atom stereocenters. The zero-order chi connectivity index (χ0) is 11.4. The topological polar surface area (TPSA) is 43.4 Å². The summed E-state index contributed by atoms with van der Waals surface area (Å²) in [5, 5.41) is -0.494. The Morgan fingerprint density at radius 3 is 2.60 bits per heavy atom. The maximum Gasteiger partial charge on any atom is 0.302 e. The molecule has 0 fully saturated rings. The van der Waals surface area contributed by atoms with Crippen LogP contribution in [0.15, 0.2) is 18.2 Å². The lowest BCUT2D eigenvalue weighted by molar-refractivity contribution is -0.142. The Kier molecular flexibility index (Phi) is 4.53. The minimum atomic E-state index is -0.494. The Bertz CT molecular complexity index is 404. The number of benzene rings is 1. The van der Waals surface area contributed by atoms with Crippen LogP contribution in [0, 0.1) is 3.57 Å². The third kappa shape index (κ3) is 3.79. The van der Waals surface area contributed by atoms with Crippen molar-refractivity contribution in [1.29, 1.82) is 0 Å². The predicted molar refractivity (Wildman–Crippen MR) is 64.8 cm³/mol. The van der Waals surface area contributed by atoms with Gasteiger partial charge in [-0.15, -0.1) is 0 Å². The van der Waals surface area contributed by atoms with Gasteiger partial charge in [-0.3, -0.25) is 9.59 Å². The van der Waals surface area contributed by atoms with Crippen LogP contribution in [-0.4, -0.2) is 11.2 Å². The number of carbonyl (C=O) groups excluding carboxylic acids is 2. The molecule has 0 aliphatic rings. The van der Waals surface area contributed by atoms with Crippen molar-refractivity contribution in [3.63, 3.8) is 0 Å². The number of halogens is 2. The average molecular weight is 339 g/mol. The normalized spacial score (nSPS) is 9.80. The van der Waals surface area contributed by atoms with Gasteiger partial charge in [0.1, 0.15) is 6.61 Å². The van der Waals surface area contributed by atoms with Crippen molar-refractivity contribution < 1.29 is 14.3 Å². The highest BCUT2D eigenvalue weighted by atomic mass is 127. The molecular weight excluding hydrogens is 330 g/mol. The van der Waals surface area contributed by atoms with Crippen molar-refractivity contribution in [2.75, 3.05) is 0 Å². The molecule has 15 heavy (non-hydrogen) atoms. The monoisotopic (exact) mass is 338 g/mol. The highest BCUT2D eigenvalue weighted by Gasteiger charge is 2.06. The van der Waals surface area contributed by atoms with Gasteiger partial charge in [-0.25, -0.2) is 0 Å². The summed E-state index contributed by atoms with van der Waals surface area (Å²) in [6.45, 7) is 1.56. The van der Waals surface area contributed by atoms with Gasteiger partial charge in [0.2, 0.25) is 0 Å². The predicted octanol–water partition coefficient (Wildman–Crippen LogP) is 2.73. The molecule has 3 nitrogen and oxygen atoms in total. The first-order valence-corrected chi connectivity index (χ1v) is 5.58. The Labute approximate surface area is 106 Å². The van der Waals surface area contributed by atoms with E-state index in [0.717, 1.165) is 9.13 Å². The molecule has 1 rings (SSSR count). The largest absolute Gasteiger partial charge is 0.461 e. The molecule has 0 bridgehead atoms. The first kappa shape index (κ1) is 12.4. The summed E-state index contributed by atoms with van der Waals surface area (Å²) in [7, 11) is 0. The van der Waals surface area contributed by atoms with Crippen LogP contribution >= 0.6 is 34.2 Å². The van der Waals surface area contributed by atoms with Gasteiger partial charge in [0.25, 0.3) is 5.24 Å². The minimum absolute atomic E-state index is 0.213. The second kappa shape index (κ2) is 5.46. The van der Waals surface area contributed by atoms with E-state index in [9.17, 15) is 9.59 Å². The molecule has 5 heteroatoms. The fourth-order valence-corrected chi connectivity index (χ4v) is 1.75. The van der Waals surface area contributed by atoms with Crippen LogP contribution < -0.4 is 0 Å². The first-order chi connectivity index (χ1) is 7.00. The maximum absolute atomic E-state index is 10.9. The molecule has 0 saturated heterocycles. The standard InChI is InChI=1S/C10H8ClIO3/c1-6(13)15-5-8-3-2-7(10(11)14)4-9(8)12/h2-4H,5H2,1H3. The van der Waals surface area contributed by atoms with E-state index in [1.165, 1.54) is 6.92 Å². The van der Waals surface area contributed by atoms with Crippen molar-refractivity contribution in [3.05, 3.63) is 32.9 Å². The van der Waals surface area contributed by atoms with Crippen LogP contribution in [0.4, 0.5) is 0 Å². The van der Waals surface area contributed by atoms with E-state index in [0.29, 0.717) is 5.56 Å². The molecular formula is C10H8ClIO3. The van der Waals surface area contributed by atoms with Gasteiger partial charge in [0.15, 0.2) is 0 Å². The van der Waals surface area contributed by atoms with E-state index < -0.39 is 5.24 Å². The van der Waals surface area contributed by atoms with Gasteiger partial charge in [0, 0.05) is 21.6 Å². The van der Waals surface area contributed by atoms with Crippen LogP contribution in [0.3, 0.4) is 0 Å². The quantitative estimate of drug-likeness (QED) is 0.483.